The minimum Gasteiger partial charge on any atom is -0.491 e. The van der Waals surface area contributed by atoms with E-state index < -0.39 is 0 Å². The zero-order valence-electron chi connectivity index (χ0n) is 13.6. The standard InChI is InChI=1S/C18H31NO/c1-5-7-9-15(6-2)12-18(19)16-10-8-11-17(13-16)20-14(3)4/h8,10-11,13-15,18H,5-7,9,12,19H2,1-4H3. The number of unbranched alkanes of at least 4 members (excludes halogenated alkanes) is 1. The molecule has 1 aromatic rings. The van der Waals surface area contributed by atoms with Crippen molar-refractivity contribution in [2.45, 2.75) is 71.9 Å². The Kier molecular flexibility index (Phi) is 7.68. The fraction of sp³-hybridized carbons (Fsp3) is 0.667. The summed E-state index contributed by atoms with van der Waals surface area (Å²) in [7, 11) is 0. The molecule has 0 radical (unpaired) electrons. The van der Waals surface area contributed by atoms with Crippen molar-refractivity contribution >= 4 is 0 Å². The highest BCUT2D eigenvalue weighted by atomic mass is 16.5. The van der Waals surface area contributed by atoms with Gasteiger partial charge in [0, 0.05) is 6.04 Å². The topological polar surface area (TPSA) is 35.2 Å². The molecule has 0 saturated heterocycles. The van der Waals surface area contributed by atoms with E-state index in [2.05, 4.69) is 26.0 Å². The van der Waals surface area contributed by atoms with Gasteiger partial charge in [-0.3, -0.25) is 0 Å². The highest BCUT2D eigenvalue weighted by molar-refractivity contribution is 5.30. The Balaban J connectivity index is 2.63. The van der Waals surface area contributed by atoms with Crippen molar-refractivity contribution < 1.29 is 4.74 Å². The lowest BCUT2D eigenvalue weighted by Gasteiger charge is -2.20. The van der Waals surface area contributed by atoms with E-state index in [9.17, 15) is 0 Å². The van der Waals surface area contributed by atoms with E-state index in [1.807, 2.05) is 26.0 Å². The first-order chi connectivity index (χ1) is 9.56. The first-order valence-corrected chi connectivity index (χ1v) is 8.09. The molecule has 2 N–H and O–H groups in total. The lowest BCUT2D eigenvalue weighted by molar-refractivity contribution is 0.242. The Morgan fingerprint density at radius 3 is 2.55 bits per heavy atom. The van der Waals surface area contributed by atoms with Crippen molar-refractivity contribution in [3.8, 4) is 5.75 Å². The normalized spacial score (nSPS) is 14.3. The summed E-state index contributed by atoms with van der Waals surface area (Å²) in [4.78, 5) is 0. The molecule has 2 heteroatoms. The molecule has 0 aliphatic carbocycles. The molecule has 0 fully saturated rings. The largest absolute Gasteiger partial charge is 0.491 e. The third-order valence-electron chi connectivity index (χ3n) is 3.79. The third kappa shape index (κ3) is 5.96. The van der Waals surface area contributed by atoms with Gasteiger partial charge in [0.15, 0.2) is 0 Å². The van der Waals surface area contributed by atoms with Crippen molar-refractivity contribution in [2.24, 2.45) is 11.7 Å². The van der Waals surface area contributed by atoms with Gasteiger partial charge in [-0.1, -0.05) is 51.7 Å². The predicted molar refractivity (Wildman–Crippen MR) is 87.1 cm³/mol. The molecular formula is C18H31NO. The molecule has 0 bridgehead atoms. The third-order valence-corrected chi connectivity index (χ3v) is 3.79. The van der Waals surface area contributed by atoms with Crippen LogP contribution in [0.3, 0.4) is 0 Å². The molecule has 0 saturated carbocycles. The first-order valence-electron chi connectivity index (χ1n) is 8.09. The second-order valence-electron chi connectivity index (χ2n) is 6.00. The van der Waals surface area contributed by atoms with Crippen LogP contribution >= 0.6 is 0 Å². The molecule has 0 aliphatic heterocycles. The number of nitrogens with two attached hydrogens (primary N) is 1. The van der Waals surface area contributed by atoms with Gasteiger partial charge in [-0.25, -0.2) is 0 Å². The van der Waals surface area contributed by atoms with Crippen LogP contribution in [-0.4, -0.2) is 6.10 Å². The first kappa shape index (κ1) is 17.0. The molecule has 1 aromatic carbocycles. The van der Waals surface area contributed by atoms with Crippen molar-refractivity contribution in [1.29, 1.82) is 0 Å². The number of ether oxygens (including phenoxy) is 1. The zero-order valence-corrected chi connectivity index (χ0v) is 13.6. The zero-order chi connectivity index (χ0) is 15.0. The van der Waals surface area contributed by atoms with Gasteiger partial charge in [-0.05, 0) is 43.9 Å². The van der Waals surface area contributed by atoms with E-state index in [1.54, 1.807) is 0 Å². The van der Waals surface area contributed by atoms with Gasteiger partial charge in [-0.15, -0.1) is 0 Å². The minimum absolute atomic E-state index is 0.118. The maximum atomic E-state index is 6.39. The van der Waals surface area contributed by atoms with E-state index in [-0.39, 0.29) is 12.1 Å². The highest BCUT2D eigenvalue weighted by Crippen LogP contribution is 2.27. The van der Waals surface area contributed by atoms with E-state index in [0.717, 1.165) is 18.1 Å². The van der Waals surface area contributed by atoms with Crippen LogP contribution in [0.25, 0.3) is 0 Å². The molecule has 114 valence electrons. The lowest BCUT2D eigenvalue weighted by Crippen LogP contribution is -2.16. The van der Waals surface area contributed by atoms with Gasteiger partial charge in [0.1, 0.15) is 5.75 Å². The van der Waals surface area contributed by atoms with Crippen LogP contribution in [-0.2, 0) is 0 Å². The Morgan fingerprint density at radius 2 is 1.95 bits per heavy atom. The lowest BCUT2D eigenvalue weighted by atomic mass is 9.89. The molecule has 2 unspecified atom stereocenters. The molecule has 0 spiro atoms. The van der Waals surface area contributed by atoms with Crippen molar-refractivity contribution in [1.82, 2.24) is 0 Å². The molecule has 0 heterocycles. The van der Waals surface area contributed by atoms with Crippen LogP contribution < -0.4 is 10.5 Å². The molecule has 20 heavy (non-hydrogen) atoms. The highest BCUT2D eigenvalue weighted by Gasteiger charge is 2.14. The summed E-state index contributed by atoms with van der Waals surface area (Å²) in [6.07, 6.45) is 6.36. The number of hydrogen-bond donors (Lipinski definition) is 1. The summed E-state index contributed by atoms with van der Waals surface area (Å²) in [6, 6.07) is 8.37. The van der Waals surface area contributed by atoms with E-state index in [1.165, 1.54) is 31.2 Å². The number of benzene rings is 1. The summed E-state index contributed by atoms with van der Waals surface area (Å²) in [6.45, 7) is 8.61. The number of hydrogen-bond acceptors (Lipinski definition) is 2. The Morgan fingerprint density at radius 1 is 1.20 bits per heavy atom. The molecule has 2 atom stereocenters. The summed E-state index contributed by atoms with van der Waals surface area (Å²) < 4.78 is 5.75. The van der Waals surface area contributed by atoms with Gasteiger partial charge in [0.25, 0.3) is 0 Å². The van der Waals surface area contributed by atoms with Gasteiger partial charge in [-0.2, -0.15) is 0 Å². The SMILES string of the molecule is CCCCC(CC)CC(N)c1cccc(OC(C)C)c1. The molecule has 0 amide bonds. The molecule has 1 rings (SSSR count). The summed E-state index contributed by atoms with van der Waals surface area (Å²) in [5.74, 6) is 1.66. The summed E-state index contributed by atoms with van der Waals surface area (Å²) in [5, 5.41) is 0. The van der Waals surface area contributed by atoms with Crippen LogP contribution in [0.4, 0.5) is 0 Å². The summed E-state index contributed by atoms with van der Waals surface area (Å²) in [5.41, 5.74) is 7.58. The second-order valence-corrected chi connectivity index (χ2v) is 6.00. The van der Waals surface area contributed by atoms with Crippen LogP contribution in [0.15, 0.2) is 24.3 Å². The monoisotopic (exact) mass is 277 g/mol. The van der Waals surface area contributed by atoms with E-state index in [4.69, 9.17) is 10.5 Å². The Labute approximate surface area is 124 Å². The second kappa shape index (κ2) is 9.02. The van der Waals surface area contributed by atoms with Crippen LogP contribution in [0.2, 0.25) is 0 Å². The van der Waals surface area contributed by atoms with E-state index >= 15 is 0 Å². The fourth-order valence-corrected chi connectivity index (χ4v) is 2.57. The van der Waals surface area contributed by atoms with Gasteiger partial charge < -0.3 is 10.5 Å². The van der Waals surface area contributed by atoms with Crippen molar-refractivity contribution in [2.75, 3.05) is 0 Å². The fourth-order valence-electron chi connectivity index (χ4n) is 2.57. The van der Waals surface area contributed by atoms with Crippen molar-refractivity contribution in [3.05, 3.63) is 29.8 Å². The Bertz CT molecular complexity index is 375. The van der Waals surface area contributed by atoms with Crippen LogP contribution in [0.1, 0.15) is 71.4 Å². The van der Waals surface area contributed by atoms with E-state index in [0.29, 0.717) is 0 Å². The van der Waals surface area contributed by atoms with Crippen molar-refractivity contribution in [3.63, 3.8) is 0 Å². The average molecular weight is 277 g/mol. The van der Waals surface area contributed by atoms with Gasteiger partial charge in [0.2, 0.25) is 0 Å². The van der Waals surface area contributed by atoms with Gasteiger partial charge >= 0.3 is 0 Å². The average Bonchev–Trinajstić information content (AvgIpc) is 2.42. The molecular weight excluding hydrogens is 246 g/mol. The Hall–Kier alpha value is -1.02. The maximum absolute atomic E-state index is 6.39. The van der Waals surface area contributed by atoms with Gasteiger partial charge in [0.05, 0.1) is 6.10 Å². The molecule has 0 aromatic heterocycles. The van der Waals surface area contributed by atoms with Crippen LogP contribution in [0, 0.1) is 5.92 Å². The smallest absolute Gasteiger partial charge is 0.120 e. The minimum atomic E-state index is 0.118. The molecule has 2 nitrogen and oxygen atoms in total. The summed E-state index contributed by atoms with van der Waals surface area (Å²) >= 11 is 0. The predicted octanol–water partition coefficient (Wildman–Crippen LogP) is 5.08. The van der Waals surface area contributed by atoms with Crippen LogP contribution in [0.5, 0.6) is 5.75 Å². The quantitative estimate of drug-likeness (QED) is 0.683. The maximum Gasteiger partial charge on any atom is 0.120 e. The number of rotatable bonds is 9. The molecule has 0 aliphatic rings.